The van der Waals surface area contributed by atoms with Gasteiger partial charge in [0, 0.05) is 12.7 Å². The molecular weight excluding hydrogens is 184 g/mol. The molecule has 0 saturated heterocycles. The van der Waals surface area contributed by atoms with Gasteiger partial charge in [0.1, 0.15) is 0 Å². The predicted molar refractivity (Wildman–Crippen MR) is 51.7 cm³/mol. The molecule has 13 heavy (non-hydrogen) atoms. The number of aromatic nitrogens is 2. The van der Waals surface area contributed by atoms with Crippen LogP contribution in [0, 0.1) is 6.92 Å². The molecule has 0 spiro atoms. The Morgan fingerprint density at radius 3 is 2.85 bits per heavy atom. The van der Waals surface area contributed by atoms with Crippen LogP contribution in [0.1, 0.15) is 25.2 Å². The lowest BCUT2D eigenvalue weighted by molar-refractivity contribution is 0.429. The van der Waals surface area contributed by atoms with Crippen LogP contribution >= 0.6 is 11.8 Å². The van der Waals surface area contributed by atoms with Gasteiger partial charge in [-0.05, 0) is 19.3 Å². The average molecular weight is 196 g/mol. The van der Waals surface area contributed by atoms with Crippen molar-refractivity contribution in [1.29, 1.82) is 0 Å². The molecular formula is C9H12N2OS. The van der Waals surface area contributed by atoms with Crippen LogP contribution in [0.2, 0.25) is 0 Å². The van der Waals surface area contributed by atoms with Gasteiger partial charge in [-0.3, -0.25) is 0 Å². The van der Waals surface area contributed by atoms with Gasteiger partial charge in [0.15, 0.2) is 0 Å². The Bertz CT molecular complexity index is 313. The first-order valence-corrected chi connectivity index (χ1v) is 5.44. The number of hydrogen-bond donors (Lipinski definition) is 0. The lowest BCUT2D eigenvalue weighted by atomic mass is 9.93. The number of allylic oxidation sites excluding steroid dienone is 1. The first kappa shape index (κ1) is 8.81. The Kier molecular flexibility index (Phi) is 2.68. The molecule has 2 rings (SSSR count). The largest absolute Gasteiger partial charge is 0.416 e. The lowest BCUT2D eigenvalue weighted by Gasteiger charge is -2.15. The summed E-state index contributed by atoms with van der Waals surface area (Å²) in [6, 6.07) is 0. The second-order valence-corrected chi connectivity index (χ2v) is 4.09. The molecule has 4 heteroatoms. The van der Waals surface area contributed by atoms with E-state index in [4.69, 9.17) is 4.42 Å². The maximum Gasteiger partial charge on any atom is 0.276 e. The van der Waals surface area contributed by atoms with Crippen LogP contribution in [0.3, 0.4) is 0 Å². The van der Waals surface area contributed by atoms with Crippen molar-refractivity contribution in [2.75, 3.05) is 5.75 Å². The number of aryl methyl sites for hydroxylation is 1. The van der Waals surface area contributed by atoms with Crippen molar-refractivity contribution in [3.05, 3.63) is 17.5 Å². The van der Waals surface area contributed by atoms with Crippen molar-refractivity contribution < 1.29 is 4.42 Å². The van der Waals surface area contributed by atoms with E-state index in [-0.39, 0.29) is 0 Å². The highest BCUT2D eigenvalue weighted by Gasteiger charge is 2.07. The van der Waals surface area contributed by atoms with Crippen LogP contribution in [0.4, 0.5) is 0 Å². The zero-order valence-electron chi connectivity index (χ0n) is 7.62. The molecule has 1 aromatic heterocycles. The van der Waals surface area contributed by atoms with Crippen LogP contribution in [0.25, 0.3) is 0 Å². The monoisotopic (exact) mass is 196 g/mol. The van der Waals surface area contributed by atoms with Gasteiger partial charge in [-0.15, -0.1) is 10.2 Å². The van der Waals surface area contributed by atoms with Gasteiger partial charge in [0.2, 0.25) is 5.89 Å². The number of nitrogens with zero attached hydrogens (tertiary/aromatic N) is 2. The molecule has 0 aromatic carbocycles. The molecule has 3 nitrogen and oxygen atoms in total. The molecule has 1 aliphatic carbocycles. The summed E-state index contributed by atoms with van der Waals surface area (Å²) in [5.41, 5.74) is 1.57. The fourth-order valence-corrected chi connectivity index (χ4v) is 1.89. The molecule has 1 fully saturated rings. The first-order chi connectivity index (χ1) is 6.34. The van der Waals surface area contributed by atoms with Crippen LogP contribution in [0.15, 0.2) is 21.3 Å². The number of thioether (sulfide) groups is 1. The molecule has 0 N–H and O–H groups in total. The maximum atomic E-state index is 5.23. The Morgan fingerprint density at radius 2 is 2.31 bits per heavy atom. The van der Waals surface area contributed by atoms with Gasteiger partial charge in [0.25, 0.3) is 5.22 Å². The Morgan fingerprint density at radius 1 is 1.46 bits per heavy atom. The number of rotatable bonds is 3. The minimum atomic E-state index is 0.638. The summed E-state index contributed by atoms with van der Waals surface area (Å²) in [5.74, 6) is 1.59. The van der Waals surface area contributed by atoms with Gasteiger partial charge in [-0.2, -0.15) is 0 Å². The van der Waals surface area contributed by atoms with Crippen molar-refractivity contribution in [3.63, 3.8) is 0 Å². The fourth-order valence-electron chi connectivity index (χ4n) is 1.15. The molecule has 1 aromatic rings. The fraction of sp³-hybridized carbons (Fsp3) is 0.556. The van der Waals surface area contributed by atoms with E-state index in [0.717, 1.165) is 5.75 Å². The Labute approximate surface area is 81.6 Å². The van der Waals surface area contributed by atoms with Crippen molar-refractivity contribution in [2.45, 2.75) is 31.4 Å². The van der Waals surface area contributed by atoms with E-state index in [1.165, 1.54) is 19.3 Å². The van der Waals surface area contributed by atoms with Gasteiger partial charge in [-0.25, -0.2) is 0 Å². The molecule has 0 unspecified atom stereocenters. The van der Waals surface area contributed by atoms with Gasteiger partial charge >= 0.3 is 0 Å². The molecule has 70 valence electrons. The standard InChI is InChI=1S/C9H12N2OS/c1-7-10-11-9(12-7)13-6-5-8-3-2-4-8/h5H,2-4,6H2,1H3. The molecule has 0 aliphatic heterocycles. The van der Waals surface area contributed by atoms with Crippen LogP contribution in [-0.4, -0.2) is 16.0 Å². The third-order valence-electron chi connectivity index (χ3n) is 2.08. The summed E-state index contributed by atoms with van der Waals surface area (Å²) in [4.78, 5) is 0. The molecule has 1 heterocycles. The summed E-state index contributed by atoms with van der Waals surface area (Å²) in [6.07, 6.45) is 6.19. The third-order valence-corrected chi connectivity index (χ3v) is 2.83. The Hall–Kier alpha value is -0.770. The second-order valence-electron chi connectivity index (χ2n) is 3.11. The van der Waals surface area contributed by atoms with E-state index in [0.29, 0.717) is 11.1 Å². The molecule has 1 saturated carbocycles. The van der Waals surface area contributed by atoms with Crippen LogP contribution < -0.4 is 0 Å². The van der Waals surface area contributed by atoms with Crippen molar-refractivity contribution in [1.82, 2.24) is 10.2 Å². The van der Waals surface area contributed by atoms with Crippen molar-refractivity contribution >= 4 is 11.8 Å². The summed E-state index contributed by atoms with van der Waals surface area (Å²) in [5, 5.41) is 8.34. The van der Waals surface area contributed by atoms with Gasteiger partial charge in [-0.1, -0.05) is 23.4 Å². The summed E-state index contributed by atoms with van der Waals surface area (Å²) >= 11 is 1.60. The summed E-state index contributed by atoms with van der Waals surface area (Å²) in [7, 11) is 0. The zero-order chi connectivity index (χ0) is 9.10. The van der Waals surface area contributed by atoms with E-state index in [1.54, 1.807) is 24.3 Å². The highest BCUT2D eigenvalue weighted by Crippen LogP contribution is 2.26. The quantitative estimate of drug-likeness (QED) is 0.550. The van der Waals surface area contributed by atoms with Crippen molar-refractivity contribution in [2.24, 2.45) is 0 Å². The number of hydrogen-bond acceptors (Lipinski definition) is 4. The van der Waals surface area contributed by atoms with Crippen LogP contribution in [0.5, 0.6) is 0 Å². The molecule has 0 bridgehead atoms. The molecule has 0 radical (unpaired) electrons. The van der Waals surface area contributed by atoms with Gasteiger partial charge < -0.3 is 4.42 Å². The molecule has 0 amide bonds. The molecule has 0 atom stereocenters. The van der Waals surface area contributed by atoms with E-state index in [2.05, 4.69) is 16.3 Å². The summed E-state index contributed by atoms with van der Waals surface area (Å²) in [6.45, 7) is 1.81. The first-order valence-electron chi connectivity index (χ1n) is 4.45. The minimum absolute atomic E-state index is 0.638. The highest BCUT2D eigenvalue weighted by molar-refractivity contribution is 7.99. The van der Waals surface area contributed by atoms with Crippen molar-refractivity contribution in [3.8, 4) is 0 Å². The molecule has 1 aliphatic rings. The SMILES string of the molecule is Cc1nnc(SCC=C2CCC2)o1. The van der Waals surface area contributed by atoms with E-state index in [9.17, 15) is 0 Å². The van der Waals surface area contributed by atoms with Crippen LogP contribution in [-0.2, 0) is 0 Å². The Balaban J connectivity index is 1.79. The van der Waals surface area contributed by atoms with E-state index < -0.39 is 0 Å². The highest BCUT2D eigenvalue weighted by atomic mass is 32.2. The normalized spacial score (nSPS) is 15.6. The van der Waals surface area contributed by atoms with Gasteiger partial charge in [0.05, 0.1) is 0 Å². The maximum absolute atomic E-state index is 5.23. The predicted octanol–water partition coefficient (Wildman–Crippen LogP) is 2.58. The third kappa shape index (κ3) is 2.34. The topological polar surface area (TPSA) is 38.9 Å². The van der Waals surface area contributed by atoms with E-state index in [1.807, 2.05) is 0 Å². The second kappa shape index (κ2) is 3.96. The zero-order valence-corrected chi connectivity index (χ0v) is 8.43. The lowest BCUT2D eigenvalue weighted by Crippen LogP contribution is -1.96. The smallest absolute Gasteiger partial charge is 0.276 e. The van der Waals surface area contributed by atoms with E-state index >= 15 is 0 Å². The summed E-state index contributed by atoms with van der Waals surface area (Å²) < 4.78 is 5.23. The average Bonchev–Trinajstić information content (AvgIpc) is 2.42. The minimum Gasteiger partial charge on any atom is -0.416 e.